The summed E-state index contributed by atoms with van der Waals surface area (Å²) in [6.07, 6.45) is 7.19. The number of methoxy groups -OCH3 is 2. The molecule has 0 bridgehead atoms. The topological polar surface area (TPSA) is 88.3 Å². The van der Waals surface area contributed by atoms with Crippen LogP contribution in [0.25, 0.3) is 6.08 Å². The predicted octanol–water partition coefficient (Wildman–Crippen LogP) is 4.80. The van der Waals surface area contributed by atoms with Gasteiger partial charge in [0, 0.05) is 13.6 Å². The van der Waals surface area contributed by atoms with Crippen LogP contribution in [0, 0.1) is 19.5 Å². The quantitative estimate of drug-likeness (QED) is 0.184. The Morgan fingerprint density at radius 1 is 1.23 bits per heavy atom. The van der Waals surface area contributed by atoms with Crippen LogP contribution in [0.15, 0.2) is 49.8 Å². The maximum atomic E-state index is 14.1. The molecule has 1 aromatic heterocycles. The maximum Gasteiger partial charge on any atom is 0.338 e. The summed E-state index contributed by atoms with van der Waals surface area (Å²) in [5, 5.41) is 0. The molecule has 2 heterocycles. The third kappa shape index (κ3) is 5.97. The van der Waals surface area contributed by atoms with Crippen LogP contribution < -0.4 is 29.1 Å². The molecule has 0 N–H and O–H groups in total. The van der Waals surface area contributed by atoms with Gasteiger partial charge in [0.15, 0.2) is 16.3 Å². The second-order valence-electron chi connectivity index (χ2n) is 8.33. The molecule has 2 aromatic carbocycles. The van der Waals surface area contributed by atoms with Crippen LogP contribution in [0.2, 0.25) is 0 Å². The molecule has 0 fully saturated rings. The Kier molecular flexibility index (Phi) is 10.0. The van der Waals surface area contributed by atoms with E-state index in [0.29, 0.717) is 47.9 Å². The van der Waals surface area contributed by atoms with Crippen LogP contribution in [0.3, 0.4) is 0 Å². The van der Waals surface area contributed by atoms with Crippen molar-refractivity contribution in [1.29, 1.82) is 0 Å². The van der Waals surface area contributed by atoms with Crippen molar-refractivity contribution in [3.05, 3.63) is 78.0 Å². The Morgan fingerprint density at radius 2 is 1.93 bits per heavy atom. The van der Waals surface area contributed by atoms with E-state index in [2.05, 4.69) is 72.0 Å². The zero-order valence-electron chi connectivity index (χ0n) is 21.8. The maximum absolute atomic E-state index is 14.1. The van der Waals surface area contributed by atoms with E-state index in [4.69, 9.17) is 25.4 Å². The first-order valence-electron chi connectivity index (χ1n) is 11.8. The summed E-state index contributed by atoms with van der Waals surface area (Å²) in [5.41, 5.74) is 1.73. The number of hydrogen-bond acceptors (Lipinski definition) is 8. The average Bonchev–Trinajstić information content (AvgIpc) is 3.21. The molecule has 40 heavy (non-hydrogen) atoms. The fourth-order valence-corrected chi connectivity index (χ4v) is 7.88. The fourth-order valence-electron chi connectivity index (χ4n) is 4.26. The Bertz CT molecular complexity index is 1760. The van der Waals surface area contributed by atoms with Crippen molar-refractivity contribution in [3.8, 4) is 29.6 Å². The zero-order valence-corrected chi connectivity index (χ0v) is 28.6. The van der Waals surface area contributed by atoms with E-state index in [1.807, 2.05) is 12.1 Å². The van der Waals surface area contributed by atoms with Crippen LogP contribution in [0.1, 0.15) is 31.0 Å². The number of allylic oxidation sites excluding steroid dienone is 1. The third-order valence-electron chi connectivity index (χ3n) is 5.94. The Morgan fingerprint density at radius 3 is 2.58 bits per heavy atom. The molecule has 0 amide bonds. The number of aromatic nitrogens is 1. The summed E-state index contributed by atoms with van der Waals surface area (Å²) in [6, 6.07) is 6.54. The summed E-state index contributed by atoms with van der Waals surface area (Å²) in [6.45, 7) is 3.73. The number of rotatable bonds is 8. The molecule has 1 atom stereocenters. The van der Waals surface area contributed by atoms with E-state index < -0.39 is 12.0 Å². The van der Waals surface area contributed by atoms with Crippen molar-refractivity contribution in [2.75, 3.05) is 27.4 Å². The van der Waals surface area contributed by atoms with Gasteiger partial charge in [-0.05, 0) is 94.9 Å². The highest BCUT2D eigenvalue weighted by molar-refractivity contribution is 14.1. The van der Waals surface area contributed by atoms with Crippen molar-refractivity contribution in [2.45, 2.75) is 19.9 Å². The minimum absolute atomic E-state index is 0.0914. The molecule has 1 aliphatic rings. The molecule has 0 unspecified atom stereocenters. The molecule has 208 valence electrons. The van der Waals surface area contributed by atoms with Crippen LogP contribution in [-0.4, -0.2) is 38.0 Å². The number of fused-ring (bicyclic) bond motifs is 1. The number of carbonyl (C=O) groups excluding carboxylic acids is 1. The number of ether oxygens (including phenoxy) is 4. The first-order chi connectivity index (χ1) is 19.1. The third-order valence-corrected chi connectivity index (χ3v) is 9.03. The lowest BCUT2D eigenvalue weighted by molar-refractivity contribution is -0.139. The fraction of sp³-hybridized carbons (Fsp3) is 0.250. The molecule has 0 spiro atoms. The van der Waals surface area contributed by atoms with Gasteiger partial charge >= 0.3 is 5.97 Å². The van der Waals surface area contributed by atoms with Gasteiger partial charge < -0.3 is 18.9 Å². The number of terminal acetylenes is 1. The Balaban J connectivity index is 2.02. The van der Waals surface area contributed by atoms with E-state index in [9.17, 15) is 9.59 Å². The lowest BCUT2D eigenvalue weighted by atomic mass is 9.95. The van der Waals surface area contributed by atoms with Crippen LogP contribution in [-0.2, 0) is 9.53 Å². The minimum atomic E-state index is -0.833. The zero-order chi connectivity index (χ0) is 29.1. The number of carbonyl (C=O) groups is 1. The minimum Gasteiger partial charge on any atom is -0.493 e. The van der Waals surface area contributed by atoms with Gasteiger partial charge in [-0.1, -0.05) is 33.2 Å². The summed E-state index contributed by atoms with van der Waals surface area (Å²) in [4.78, 5) is 32.4. The van der Waals surface area contributed by atoms with E-state index in [1.165, 1.54) is 30.1 Å². The monoisotopic (exact) mass is 848 g/mol. The number of thiazole rings is 1. The van der Waals surface area contributed by atoms with Gasteiger partial charge in [-0.25, -0.2) is 9.79 Å². The molecule has 1 aliphatic heterocycles. The van der Waals surface area contributed by atoms with Gasteiger partial charge in [-0.2, -0.15) is 0 Å². The van der Waals surface area contributed by atoms with Gasteiger partial charge in [0.2, 0.25) is 0 Å². The summed E-state index contributed by atoms with van der Waals surface area (Å²) < 4.78 is 26.6. The van der Waals surface area contributed by atoms with Crippen LogP contribution in [0.5, 0.6) is 17.2 Å². The smallest absolute Gasteiger partial charge is 0.338 e. The molecule has 4 rings (SSSR count). The highest BCUT2D eigenvalue weighted by Gasteiger charge is 2.35. The molecule has 8 nitrogen and oxygen atoms in total. The van der Waals surface area contributed by atoms with E-state index in [-0.39, 0.29) is 24.3 Å². The van der Waals surface area contributed by atoms with E-state index in [0.717, 1.165) is 7.14 Å². The summed E-state index contributed by atoms with van der Waals surface area (Å²) >= 11 is 9.24. The van der Waals surface area contributed by atoms with Gasteiger partial charge in [0.1, 0.15) is 12.4 Å². The van der Waals surface area contributed by atoms with E-state index in [1.54, 1.807) is 32.1 Å². The van der Waals surface area contributed by atoms with Gasteiger partial charge in [-0.3, -0.25) is 9.36 Å². The summed E-state index contributed by atoms with van der Waals surface area (Å²) in [7, 11) is 3.06. The molecule has 0 saturated heterocycles. The number of nitrogens with zero attached hydrogens (tertiary/aromatic N) is 2. The van der Waals surface area contributed by atoms with Crippen molar-refractivity contribution in [3.63, 3.8) is 0 Å². The van der Waals surface area contributed by atoms with E-state index >= 15 is 0 Å². The number of halogens is 3. The second kappa shape index (κ2) is 13.1. The SMILES string of the molecule is C#CCOc1c(I)cc(I)cc1/C=c1\sc2n(c1=O)[C@@H](c1cc(OC)c(OC)cc1Br)C(C(=O)OCC)=C(C)N=2. The van der Waals surface area contributed by atoms with Crippen molar-refractivity contribution < 1.29 is 23.7 Å². The van der Waals surface area contributed by atoms with Crippen molar-refractivity contribution >= 4 is 84.5 Å². The lowest BCUT2D eigenvalue weighted by Gasteiger charge is -2.26. The van der Waals surface area contributed by atoms with Crippen molar-refractivity contribution in [2.24, 2.45) is 4.99 Å². The van der Waals surface area contributed by atoms with Gasteiger partial charge in [0.25, 0.3) is 5.56 Å². The highest BCUT2D eigenvalue weighted by atomic mass is 127. The number of esters is 1. The Hall–Kier alpha value is -2.35. The first-order valence-corrected chi connectivity index (χ1v) is 15.6. The lowest BCUT2D eigenvalue weighted by Crippen LogP contribution is -2.40. The highest BCUT2D eigenvalue weighted by Crippen LogP contribution is 2.41. The molecule has 0 radical (unpaired) electrons. The largest absolute Gasteiger partial charge is 0.493 e. The predicted molar refractivity (Wildman–Crippen MR) is 174 cm³/mol. The second-order valence-corrected chi connectivity index (χ2v) is 12.6. The van der Waals surface area contributed by atoms with Crippen LogP contribution >= 0.6 is 72.4 Å². The number of hydrogen-bond donors (Lipinski definition) is 0. The molecule has 0 aliphatic carbocycles. The van der Waals surface area contributed by atoms with Crippen LogP contribution in [0.4, 0.5) is 0 Å². The van der Waals surface area contributed by atoms with Gasteiger partial charge in [-0.15, -0.1) is 6.42 Å². The van der Waals surface area contributed by atoms with Gasteiger partial charge in [0.05, 0.1) is 46.2 Å². The summed E-state index contributed by atoms with van der Waals surface area (Å²) in [5.74, 6) is 3.47. The van der Waals surface area contributed by atoms with Crippen molar-refractivity contribution in [1.82, 2.24) is 4.57 Å². The standard InChI is InChI=1S/C28H23BrI2N2O6S/c1-6-8-39-25-15(9-16(30)11-19(25)31)10-22-26(34)33-24(17-12-20(36-4)21(37-5)13-18(17)29)23(27(35)38-7-2)14(3)32-28(33)40-22/h1,9-13,24H,7-8H2,2-5H3/b22-10-/t24-/m0/s1. The first kappa shape index (κ1) is 30.6. The molecular weight excluding hydrogens is 826 g/mol. The normalized spacial score (nSPS) is 14.8. The number of benzene rings is 2. The average molecular weight is 849 g/mol. The molecule has 3 aromatic rings. The molecule has 12 heteroatoms. The molecule has 0 saturated carbocycles. The molecular formula is C28H23BrI2N2O6S. The Labute approximate surface area is 270 Å².